The first kappa shape index (κ1) is 22.0. The van der Waals surface area contributed by atoms with E-state index in [0.29, 0.717) is 5.69 Å². The smallest absolute Gasteiger partial charge is 0.248 e. The van der Waals surface area contributed by atoms with Crippen LogP contribution in [0.1, 0.15) is 6.42 Å². The number of anilines is 2. The molecule has 0 saturated carbocycles. The van der Waals surface area contributed by atoms with Crippen molar-refractivity contribution in [2.24, 2.45) is 0 Å². The number of carbonyl (C=O) groups excluding carboxylic acids is 2. The van der Waals surface area contributed by atoms with Crippen molar-refractivity contribution in [2.45, 2.75) is 13.0 Å². The highest BCUT2D eigenvalue weighted by molar-refractivity contribution is 5.93. The number of rotatable bonds is 8. The third-order valence-corrected chi connectivity index (χ3v) is 4.07. The Labute approximate surface area is 175 Å². The lowest BCUT2D eigenvalue weighted by Crippen LogP contribution is -2.30. The van der Waals surface area contributed by atoms with Gasteiger partial charge in [-0.3, -0.25) is 14.3 Å². The van der Waals surface area contributed by atoms with Crippen LogP contribution in [0.15, 0.2) is 73.1 Å². The molecule has 3 aromatic rings. The average Bonchev–Trinajstić information content (AvgIpc) is 3.15. The maximum absolute atomic E-state index is 12.4. The van der Waals surface area contributed by atoms with Crippen LogP contribution in [0, 0.1) is 0 Å². The zero-order chi connectivity index (χ0) is 19.8. The van der Waals surface area contributed by atoms with Gasteiger partial charge in [-0.2, -0.15) is 5.10 Å². The number of hydrogen-bond acceptors (Lipinski definition) is 4. The van der Waals surface area contributed by atoms with E-state index in [9.17, 15) is 9.59 Å². The summed E-state index contributed by atoms with van der Waals surface area (Å²) in [6.45, 7) is 0.364. The fraction of sp³-hybridized carbons (Fsp3) is 0.190. The summed E-state index contributed by atoms with van der Waals surface area (Å²) >= 11 is 0. The molecular formula is C21H23ClN4O3. The summed E-state index contributed by atoms with van der Waals surface area (Å²) in [7, 11) is 1.72. The first-order valence-corrected chi connectivity index (χ1v) is 8.93. The predicted octanol–water partition coefficient (Wildman–Crippen LogP) is 3.38. The van der Waals surface area contributed by atoms with Gasteiger partial charge in [-0.15, -0.1) is 12.4 Å². The summed E-state index contributed by atoms with van der Waals surface area (Å²) in [6, 6.07) is 18.7. The number of nitrogens with one attached hydrogen (secondary N) is 1. The van der Waals surface area contributed by atoms with Crippen molar-refractivity contribution in [3.63, 3.8) is 0 Å². The summed E-state index contributed by atoms with van der Waals surface area (Å²) in [5.41, 5.74) is 1.35. The molecule has 1 heterocycles. The molecular weight excluding hydrogens is 392 g/mol. The number of amides is 2. The minimum Gasteiger partial charge on any atom is -0.493 e. The highest BCUT2D eigenvalue weighted by atomic mass is 35.5. The Morgan fingerprint density at radius 1 is 1.07 bits per heavy atom. The molecule has 7 nitrogen and oxygen atoms in total. The zero-order valence-electron chi connectivity index (χ0n) is 16.0. The van der Waals surface area contributed by atoms with Gasteiger partial charge in [0, 0.05) is 18.9 Å². The second kappa shape index (κ2) is 10.9. The zero-order valence-corrected chi connectivity index (χ0v) is 16.8. The quantitative estimate of drug-likeness (QED) is 0.613. The second-order valence-electron chi connectivity index (χ2n) is 6.17. The highest BCUT2D eigenvalue weighted by Crippen LogP contribution is 2.13. The molecule has 0 aliphatic rings. The number of para-hydroxylation sites is 2. The Hall–Kier alpha value is -3.32. The molecule has 0 aliphatic heterocycles. The second-order valence-corrected chi connectivity index (χ2v) is 6.17. The molecule has 152 valence electrons. The molecule has 1 aromatic heterocycles. The molecule has 0 bridgehead atoms. The molecule has 0 spiro atoms. The SMILES string of the molecule is CN(C(=O)Cn1cc(NC(=O)CCOc2ccccc2)cn1)c1ccccc1.Cl. The van der Waals surface area contributed by atoms with E-state index in [0.717, 1.165) is 11.4 Å². The van der Waals surface area contributed by atoms with E-state index >= 15 is 0 Å². The Morgan fingerprint density at radius 2 is 1.72 bits per heavy atom. The number of halogens is 1. The van der Waals surface area contributed by atoms with E-state index in [4.69, 9.17) is 4.74 Å². The van der Waals surface area contributed by atoms with Gasteiger partial charge in [-0.1, -0.05) is 36.4 Å². The maximum atomic E-state index is 12.4. The van der Waals surface area contributed by atoms with Crippen LogP contribution >= 0.6 is 12.4 Å². The summed E-state index contributed by atoms with van der Waals surface area (Å²) < 4.78 is 7.01. The van der Waals surface area contributed by atoms with Crippen LogP contribution < -0.4 is 15.0 Å². The fourth-order valence-electron chi connectivity index (χ4n) is 2.56. The summed E-state index contributed by atoms with van der Waals surface area (Å²) in [6.07, 6.45) is 3.37. The van der Waals surface area contributed by atoms with Gasteiger partial charge in [0.15, 0.2) is 0 Å². The van der Waals surface area contributed by atoms with E-state index in [-0.39, 0.29) is 43.8 Å². The summed E-state index contributed by atoms with van der Waals surface area (Å²) in [5, 5.41) is 6.89. The van der Waals surface area contributed by atoms with Gasteiger partial charge in [-0.25, -0.2) is 0 Å². The summed E-state index contributed by atoms with van der Waals surface area (Å²) in [5.74, 6) is 0.441. The van der Waals surface area contributed by atoms with E-state index < -0.39 is 0 Å². The Balaban J connectivity index is 0.00000300. The normalized spacial score (nSPS) is 9.97. The van der Waals surface area contributed by atoms with Crippen LogP contribution in [0.3, 0.4) is 0 Å². The molecule has 0 unspecified atom stereocenters. The van der Waals surface area contributed by atoms with Crippen molar-refractivity contribution in [2.75, 3.05) is 23.9 Å². The van der Waals surface area contributed by atoms with Crippen LogP contribution in [-0.4, -0.2) is 35.2 Å². The van der Waals surface area contributed by atoms with Crippen molar-refractivity contribution in [1.29, 1.82) is 0 Å². The van der Waals surface area contributed by atoms with Gasteiger partial charge in [0.05, 0.1) is 24.9 Å². The monoisotopic (exact) mass is 414 g/mol. The lowest BCUT2D eigenvalue weighted by Gasteiger charge is -2.17. The molecule has 29 heavy (non-hydrogen) atoms. The summed E-state index contributed by atoms with van der Waals surface area (Å²) in [4.78, 5) is 26.0. The van der Waals surface area contributed by atoms with Gasteiger partial charge >= 0.3 is 0 Å². The van der Waals surface area contributed by atoms with Gasteiger partial charge < -0.3 is 15.0 Å². The van der Waals surface area contributed by atoms with Crippen LogP contribution in [0.25, 0.3) is 0 Å². The molecule has 0 saturated heterocycles. The predicted molar refractivity (Wildman–Crippen MR) is 115 cm³/mol. The first-order chi connectivity index (χ1) is 13.6. The number of benzene rings is 2. The van der Waals surface area contributed by atoms with Crippen molar-refractivity contribution < 1.29 is 14.3 Å². The number of likely N-dealkylation sites (N-methyl/N-ethyl adjacent to an activating group) is 1. The number of aromatic nitrogens is 2. The minimum atomic E-state index is -0.178. The van der Waals surface area contributed by atoms with Crippen LogP contribution in [0.5, 0.6) is 5.75 Å². The van der Waals surface area contributed by atoms with E-state index in [1.54, 1.807) is 18.1 Å². The molecule has 0 atom stereocenters. The lowest BCUT2D eigenvalue weighted by molar-refractivity contribution is -0.119. The molecule has 8 heteroatoms. The Bertz CT molecular complexity index is 916. The largest absolute Gasteiger partial charge is 0.493 e. The van der Waals surface area contributed by atoms with Crippen molar-refractivity contribution >= 4 is 35.6 Å². The van der Waals surface area contributed by atoms with Crippen LogP contribution in [0.4, 0.5) is 11.4 Å². The molecule has 2 amide bonds. The third kappa shape index (κ3) is 6.65. The van der Waals surface area contributed by atoms with Crippen molar-refractivity contribution in [3.05, 3.63) is 73.1 Å². The molecule has 3 rings (SSSR count). The highest BCUT2D eigenvalue weighted by Gasteiger charge is 2.12. The third-order valence-electron chi connectivity index (χ3n) is 4.07. The number of ether oxygens (including phenoxy) is 1. The van der Waals surface area contributed by atoms with Gasteiger partial charge in [0.2, 0.25) is 11.8 Å². The maximum Gasteiger partial charge on any atom is 0.248 e. The van der Waals surface area contributed by atoms with E-state index in [1.807, 2.05) is 60.7 Å². The standard InChI is InChI=1S/C21H22N4O3.ClH/c1-24(18-8-4-2-5-9-18)21(27)16-25-15-17(14-22-25)23-20(26)12-13-28-19-10-6-3-7-11-19;/h2-11,14-15H,12-13,16H2,1H3,(H,23,26);1H. The Morgan fingerprint density at radius 3 is 2.41 bits per heavy atom. The van der Waals surface area contributed by atoms with Gasteiger partial charge in [0.1, 0.15) is 12.3 Å². The first-order valence-electron chi connectivity index (χ1n) is 8.93. The minimum absolute atomic E-state index is 0. The van der Waals surface area contributed by atoms with E-state index in [1.165, 1.54) is 10.9 Å². The number of nitrogens with zero attached hydrogens (tertiary/aromatic N) is 3. The van der Waals surface area contributed by atoms with Crippen LogP contribution in [0.2, 0.25) is 0 Å². The molecule has 1 N–H and O–H groups in total. The number of carbonyl (C=O) groups is 2. The number of hydrogen-bond donors (Lipinski definition) is 1. The van der Waals surface area contributed by atoms with Crippen LogP contribution in [-0.2, 0) is 16.1 Å². The Kier molecular flexibility index (Phi) is 8.24. The van der Waals surface area contributed by atoms with E-state index in [2.05, 4.69) is 10.4 Å². The van der Waals surface area contributed by atoms with Crippen molar-refractivity contribution in [3.8, 4) is 5.75 Å². The molecule has 0 radical (unpaired) electrons. The fourth-order valence-corrected chi connectivity index (χ4v) is 2.56. The van der Waals surface area contributed by atoms with Gasteiger partial charge in [-0.05, 0) is 24.3 Å². The lowest BCUT2D eigenvalue weighted by atomic mass is 10.3. The topological polar surface area (TPSA) is 76.5 Å². The average molecular weight is 415 g/mol. The molecule has 2 aromatic carbocycles. The van der Waals surface area contributed by atoms with Gasteiger partial charge in [0.25, 0.3) is 0 Å². The molecule has 0 fully saturated rings. The van der Waals surface area contributed by atoms with Crippen molar-refractivity contribution in [1.82, 2.24) is 9.78 Å². The molecule has 0 aliphatic carbocycles.